The Bertz CT molecular complexity index is 2120. The van der Waals surface area contributed by atoms with Crippen molar-refractivity contribution >= 4 is 21.8 Å². The van der Waals surface area contributed by atoms with Crippen molar-refractivity contribution in [1.82, 2.24) is 19.5 Å². The number of aromatic nitrogens is 4. The Kier molecular flexibility index (Phi) is 5.48. The molecule has 3 heterocycles. The molecule has 43 heavy (non-hydrogen) atoms. The van der Waals surface area contributed by atoms with E-state index in [4.69, 9.17) is 15.0 Å². The second-order valence-electron chi connectivity index (χ2n) is 12.6. The third-order valence-electron chi connectivity index (χ3n) is 9.78. The highest BCUT2D eigenvalue weighted by atomic mass is 15.0. The topological polar surface area (TPSA) is 43.6 Å². The van der Waals surface area contributed by atoms with Crippen LogP contribution in [0.2, 0.25) is 0 Å². The molecule has 5 aromatic carbocycles. The zero-order valence-electron chi connectivity index (χ0n) is 24.8. The van der Waals surface area contributed by atoms with Crippen molar-refractivity contribution in [2.75, 3.05) is 0 Å². The molecule has 0 amide bonds. The van der Waals surface area contributed by atoms with Crippen molar-refractivity contribution in [3.8, 4) is 39.9 Å². The summed E-state index contributed by atoms with van der Waals surface area (Å²) < 4.78 is 2.48. The standard InChI is InChI=1S/C39H32N4/c1-38(2)30-20-12-14-22-33(30)43-32-21-13-11-19-28(32)29-23-27(24-31(34(29)43)39(38,3)4)37-41-35(25-15-7-5-8-16-25)40-36(42-37)26-17-9-6-10-18-26/h5-24H,1-4H3. The van der Waals surface area contributed by atoms with Gasteiger partial charge in [-0.3, -0.25) is 0 Å². The van der Waals surface area contributed by atoms with Gasteiger partial charge in [-0.15, -0.1) is 0 Å². The molecule has 0 atom stereocenters. The summed E-state index contributed by atoms with van der Waals surface area (Å²) in [5, 5.41) is 2.44. The van der Waals surface area contributed by atoms with Crippen LogP contribution in [0.15, 0.2) is 121 Å². The minimum atomic E-state index is -0.211. The van der Waals surface area contributed by atoms with Crippen molar-refractivity contribution in [3.05, 3.63) is 132 Å². The lowest BCUT2D eigenvalue weighted by Crippen LogP contribution is -2.40. The number of hydrogen-bond donors (Lipinski definition) is 0. The molecule has 1 aliphatic rings. The molecule has 4 nitrogen and oxygen atoms in total. The third kappa shape index (κ3) is 3.72. The van der Waals surface area contributed by atoms with Crippen molar-refractivity contribution < 1.29 is 0 Å². The lowest BCUT2D eigenvalue weighted by molar-refractivity contribution is 0.307. The number of benzene rings is 5. The molecule has 0 unspecified atom stereocenters. The van der Waals surface area contributed by atoms with E-state index in [1.165, 1.54) is 38.6 Å². The summed E-state index contributed by atoms with van der Waals surface area (Å²) in [5.74, 6) is 2.02. The second-order valence-corrected chi connectivity index (χ2v) is 12.6. The Hall–Kier alpha value is -5.09. The molecule has 0 saturated carbocycles. The third-order valence-corrected chi connectivity index (χ3v) is 9.78. The number of rotatable bonds is 3. The van der Waals surface area contributed by atoms with Crippen LogP contribution in [-0.4, -0.2) is 19.5 Å². The fraction of sp³-hybridized carbons (Fsp3) is 0.154. The first-order valence-corrected chi connectivity index (χ1v) is 14.9. The maximum atomic E-state index is 5.10. The lowest BCUT2D eigenvalue weighted by Gasteiger charge is -2.42. The summed E-state index contributed by atoms with van der Waals surface area (Å²) in [4.78, 5) is 15.1. The van der Waals surface area contributed by atoms with Crippen molar-refractivity contribution in [3.63, 3.8) is 0 Å². The van der Waals surface area contributed by atoms with Crippen LogP contribution in [0.25, 0.3) is 61.7 Å². The van der Waals surface area contributed by atoms with Crippen LogP contribution < -0.4 is 0 Å². The second kappa shape index (κ2) is 9.20. The summed E-state index contributed by atoms with van der Waals surface area (Å²) in [6, 6.07) is 42.6. The van der Waals surface area contributed by atoms with E-state index in [9.17, 15) is 0 Å². The molecular formula is C39H32N4. The van der Waals surface area contributed by atoms with Crippen LogP contribution in [0, 0.1) is 0 Å². The van der Waals surface area contributed by atoms with Crippen LogP contribution in [0.3, 0.4) is 0 Å². The number of para-hydroxylation sites is 2. The van der Waals surface area contributed by atoms with Gasteiger partial charge in [0.1, 0.15) is 0 Å². The van der Waals surface area contributed by atoms with E-state index in [1.807, 2.05) is 36.4 Å². The summed E-state index contributed by atoms with van der Waals surface area (Å²) in [6.07, 6.45) is 0. The largest absolute Gasteiger partial charge is 0.309 e. The molecule has 0 radical (unpaired) electrons. The first kappa shape index (κ1) is 25.6. The molecule has 1 aliphatic heterocycles. The minimum absolute atomic E-state index is 0.154. The van der Waals surface area contributed by atoms with E-state index in [0.717, 1.165) is 16.7 Å². The Morgan fingerprint density at radius 2 is 0.977 bits per heavy atom. The van der Waals surface area contributed by atoms with Crippen molar-refractivity contribution in [2.24, 2.45) is 0 Å². The zero-order chi connectivity index (χ0) is 29.3. The van der Waals surface area contributed by atoms with E-state index in [2.05, 4.69) is 117 Å². The first-order chi connectivity index (χ1) is 20.8. The summed E-state index contributed by atoms with van der Waals surface area (Å²) in [7, 11) is 0. The minimum Gasteiger partial charge on any atom is -0.309 e. The van der Waals surface area contributed by atoms with Gasteiger partial charge in [0.15, 0.2) is 17.5 Å². The van der Waals surface area contributed by atoms with Gasteiger partial charge in [-0.25, -0.2) is 15.0 Å². The van der Waals surface area contributed by atoms with Crippen LogP contribution in [0.1, 0.15) is 38.8 Å². The molecule has 0 fully saturated rings. The number of nitrogens with zero attached hydrogens (tertiary/aromatic N) is 4. The number of fused-ring (bicyclic) bond motifs is 5. The van der Waals surface area contributed by atoms with Gasteiger partial charge < -0.3 is 4.57 Å². The predicted octanol–water partition coefficient (Wildman–Crippen LogP) is 9.54. The van der Waals surface area contributed by atoms with Gasteiger partial charge in [0, 0.05) is 44.0 Å². The number of hydrogen-bond acceptors (Lipinski definition) is 3. The first-order valence-electron chi connectivity index (χ1n) is 14.9. The highest BCUT2D eigenvalue weighted by molar-refractivity contribution is 6.12. The van der Waals surface area contributed by atoms with E-state index in [1.54, 1.807) is 0 Å². The monoisotopic (exact) mass is 556 g/mol. The molecule has 4 heteroatoms. The molecule has 0 spiro atoms. The quantitative estimate of drug-likeness (QED) is 0.218. The van der Waals surface area contributed by atoms with Crippen LogP contribution in [0.5, 0.6) is 0 Å². The summed E-state index contributed by atoms with van der Waals surface area (Å²) in [6.45, 7) is 9.52. The van der Waals surface area contributed by atoms with E-state index in [-0.39, 0.29) is 10.8 Å². The Labute approximate surface area is 251 Å². The molecule has 0 aliphatic carbocycles. The van der Waals surface area contributed by atoms with Gasteiger partial charge in [-0.1, -0.05) is 125 Å². The Morgan fingerprint density at radius 3 is 1.63 bits per heavy atom. The van der Waals surface area contributed by atoms with Gasteiger partial charge in [-0.05, 0) is 35.4 Å². The Morgan fingerprint density at radius 1 is 0.465 bits per heavy atom. The van der Waals surface area contributed by atoms with Gasteiger partial charge in [0.2, 0.25) is 0 Å². The molecule has 0 N–H and O–H groups in total. The summed E-state index contributed by atoms with van der Waals surface area (Å²) >= 11 is 0. The molecular weight excluding hydrogens is 524 g/mol. The van der Waals surface area contributed by atoms with Crippen molar-refractivity contribution in [2.45, 2.75) is 38.5 Å². The summed E-state index contributed by atoms with van der Waals surface area (Å²) in [5.41, 5.74) is 8.92. The molecule has 7 aromatic rings. The highest BCUT2D eigenvalue weighted by Gasteiger charge is 2.45. The van der Waals surface area contributed by atoms with Crippen LogP contribution >= 0.6 is 0 Å². The molecule has 8 rings (SSSR count). The fourth-order valence-corrected chi connectivity index (χ4v) is 6.76. The van der Waals surface area contributed by atoms with E-state index < -0.39 is 0 Å². The van der Waals surface area contributed by atoms with Gasteiger partial charge in [-0.2, -0.15) is 0 Å². The fourth-order valence-electron chi connectivity index (χ4n) is 6.76. The van der Waals surface area contributed by atoms with Gasteiger partial charge in [0.25, 0.3) is 0 Å². The zero-order valence-corrected chi connectivity index (χ0v) is 24.8. The SMILES string of the molecule is CC1(C)c2ccccc2-n2c3ccccc3c3cc(-c4nc(-c5ccccc5)nc(-c5ccccc5)n4)cc(c32)C1(C)C. The van der Waals surface area contributed by atoms with E-state index in [0.29, 0.717) is 17.5 Å². The molecule has 208 valence electrons. The molecule has 2 aromatic heterocycles. The van der Waals surface area contributed by atoms with Crippen LogP contribution in [-0.2, 0) is 10.8 Å². The molecule has 0 bridgehead atoms. The normalized spacial score (nSPS) is 14.9. The Balaban J connectivity index is 1.48. The smallest absolute Gasteiger partial charge is 0.164 e. The predicted molar refractivity (Wildman–Crippen MR) is 177 cm³/mol. The average Bonchev–Trinajstić information content (AvgIpc) is 3.36. The van der Waals surface area contributed by atoms with E-state index >= 15 is 0 Å². The lowest BCUT2D eigenvalue weighted by atomic mass is 9.61. The highest BCUT2D eigenvalue weighted by Crippen LogP contribution is 2.53. The average molecular weight is 557 g/mol. The van der Waals surface area contributed by atoms with Crippen LogP contribution in [0.4, 0.5) is 0 Å². The maximum absolute atomic E-state index is 5.10. The molecule has 0 saturated heterocycles. The maximum Gasteiger partial charge on any atom is 0.164 e. The van der Waals surface area contributed by atoms with Gasteiger partial charge in [0.05, 0.1) is 11.0 Å². The van der Waals surface area contributed by atoms with Crippen molar-refractivity contribution in [1.29, 1.82) is 0 Å². The van der Waals surface area contributed by atoms with Gasteiger partial charge >= 0.3 is 0 Å².